The first-order chi connectivity index (χ1) is 12.9. The van der Waals surface area contributed by atoms with E-state index in [9.17, 15) is 8.78 Å². The molecule has 1 heterocycles. The fourth-order valence-corrected chi connectivity index (χ4v) is 3.04. The molecule has 2 N–H and O–H groups in total. The normalized spacial score (nSPS) is 11.2. The van der Waals surface area contributed by atoms with Gasteiger partial charge in [0, 0.05) is 43.1 Å². The Hall–Kier alpha value is -1.39. The molecule has 0 fully saturated rings. The van der Waals surface area contributed by atoms with Crippen molar-refractivity contribution in [3.8, 4) is 5.75 Å². The van der Waals surface area contributed by atoms with Gasteiger partial charge in [0.2, 0.25) is 0 Å². The summed E-state index contributed by atoms with van der Waals surface area (Å²) < 4.78 is 29.8. The number of nitrogens with one attached hydrogen (secondary N) is 2. The van der Waals surface area contributed by atoms with Crippen LogP contribution in [0.15, 0.2) is 35.6 Å². The van der Waals surface area contributed by atoms with Gasteiger partial charge in [-0.2, -0.15) is 8.78 Å². The summed E-state index contributed by atoms with van der Waals surface area (Å²) in [6.45, 7) is -0.177. The van der Waals surface area contributed by atoms with E-state index >= 15 is 0 Å². The van der Waals surface area contributed by atoms with Crippen molar-refractivity contribution >= 4 is 53.1 Å². The summed E-state index contributed by atoms with van der Waals surface area (Å²) in [6.07, 6.45) is 4.36. The first kappa shape index (κ1) is 24.6. The molecular weight excluding hydrogens is 524 g/mol. The highest BCUT2D eigenvalue weighted by atomic mass is 127. The van der Waals surface area contributed by atoms with Crippen LogP contribution in [-0.4, -0.2) is 31.1 Å². The predicted molar refractivity (Wildman–Crippen MR) is 119 cm³/mol. The number of benzene rings is 1. The van der Waals surface area contributed by atoms with Crippen LogP contribution in [0.4, 0.5) is 8.78 Å². The molecule has 28 heavy (non-hydrogen) atoms. The summed E-state index contributed by atoms with van der Waals surface area (Å²) in [5, 5.41) is 6.56. The molecule has 0 bridgehead atoms. The van der Waals surface area contributed by atoms with Gasteiger partial charge in [0.05, 0.1) is 5.02 Å². The Morgan fingerprint density at radius 1 is 1.25 bits per heavy atom. The smallest absolute Gasteiger partial charge is 0.387 e. The van der Waals surface area contributed by atoms with Crippen LogP contribution in [0.1, 0.15) is 16.7 Å². The van der Waals surface area contributed by atoms with Crippen LogP contribution >= 0.6 is 47.2 Å². The molecule has 10 heteroatoms. The number of guanidine groups is 1. The summed E-state index contributed by atoms with van der Waals surface area (Å²) in [6, 6.07) is 4.84. The lowest BCUT2D eigenvalue weighted by Crippen LogP contribution is -2.38. The van der Waals surface area contributed by atoms with E-state index in [0.717, 1.165) is 12.0 Å². The quantitative estimate of drug-likeness (QED) is 0.298. The van der Waals surface area contributed by atoms with E-state index < -0.39 is 6.61 Å². The highest BCUT2D eigenvalue weighted by Crippen LogP contribution is 2.33. The molecular formula is C18H21Cl2F2IN4O. The topological polar surface area (TPSA) is 58.5 Å². The lowest BCUT2D eigenvalue weighted by molar-refractivity contribution is -0.0504. The van der Waals surface area contributed by atoms with E-state index in [1.165, 1.54) is 17.7 Å². The molecule has 1 aromatic carbocycles. The van der Waals surface area contributed by atoms with Gasteiger partial charge in [-0.3, -0.25) is 9.98 Å². The average molecular weight is 545 g/mol. The number of nitrogens with zero attached hydrogens (tertiary/aromatic N) is 2. The van der Waals surface area contributed by atoms with Crippen molar-refractivity contribution in [2.24, 2.45) is 4.99 Å². The van der Waals surface area contributed by atoms with Crippen LogP contribution in [0.3, 0.4) is 0 Å². The minimum Gasteiger partial charge on any atom is -0.433 e. The van der Waals surface area contributed by atoms with Gasteiger partial charge in [0.15, 0.2) is 5.96 Å². The molecule has 0 unspecified atom stereocenters. The van der Waals surface area contributed by atoms with Crippen molar-refractivity contribution in [3.05, 3.63) is 57.3 Å². The van der Waals surface area contributed by atoms with E-state index in [0.29, 0.717) is 23.1 Å². The zero-order valence-corrected chi connectivity index (χ0v) is 19.2. The number of hydrogen-bond acceptors (Lipinski definition) is 3. The number of pyridine rings is 1. The number of ether oxygens (including phenoxy) is 1. The molecule has 1 aromatic heterocycles. The van der Waals surface area contributed by atoms with Gasteiger partial charge < -0.3 is 15.4 Å². The van der Waals surface area contributed by atoms with Crippen molar-refractivity contribution in [2.45, 2.75) is 26.5 Å². The van der Waals surface area contributed by atoms with Gasteiger partial charge in [0.25, 0.3) is 0 Å². The molecule has 0 saturated heterocycles. The van der Waals surface area contributed by atoms with Gasteiger partial charge in [-0.15, -0.1) is 24.0 Å². The largest absolute Gasteiger partial charge is 0.433 e. The third-order valence-corrected chi connectivity index (χ3v) is 4.28. The second-order valence-electron chi connectivity index (χ2n) is 5.66. The first-order valence-corrected chi connectivity index (χ1v) is 8.93. The average Bonchev–Trinajstić information content (AvgIpc) is 2.61. The zero-order valence-electron chi connectivity index (χ0n) is 15.3. The Kier molecular flexibility index (Phi) is 10.8. The molecule has 2 rings (SSSR count). The van der Waals surface area contributed by atoms with E-state index in [1.54, 1.807) is 13.2 Å². The molecule has 0 amide bonds. The van der Waals surface area contributed by atoms with Gasteiger partial charge in [0.1, 0.15) is 5.75 Å². The van der Waals surface area contributed by atoms with Crippen LogP contribution in [-0.2, 0) is 13.0 Å². The maximum Gasteiger partial charge on any atom is 0.387 e. The van der Waals surface area contributed by atoms with Crippen molar-refractivity contribution in [1.29, 1.82) is 0 Å². The summed E-state index contributed by atoms with van der Waals surface area (Å²) in [4.78, 5) is 8.19. The highest BCUT2D eigenvalue weighted by Gasteiger charge is 2.15. The lowest BCUT2D eigenvalue weighted by atomic mass is 10.1. The Morgan fingerprint density at radius 3 is 2.64 bits per heavy atom. The minimum absolute atomic E-state index is 0. The maximum absolute atomic E-state index is 12.6. The molecule has 0 aliphatic rings. The van der Waals surface area contributed by atoms with Gasteiger partial charge in [-0.05, 0) is 42.7 Å². The number of aromatic nitrogens is 1. The SMILES string of the molecule is CN=C(NCCc1ccncc1C)NCc1cc(Cl)cc(Cl)c1OC(F)F.I. The molecule has 5 nitrogen and oxygen atoms in total. The van der Waals surface area contributed by atoms with Crippen LogP contribution < -0.4 is 15.4 Å². The number of alkyl halides is 2. The zero-order chi connectivity index (χ0) is 19.8. The fraction of sp³-hybridized carbons (Fsp3) is 0.333. The predicted octanol–water partition coefficient (Wildman–Crippen LogP) is 4.82. The highest BCUT2D eigenvalue weighted by molar-refractivity contribution is 14.0. The Morgan fingerprint density at radius 2 is 2.00 bits per heavy atom. The third-order valence-electron chi connectivity index (χ3n) is 3.79. The number of aryl methyl sites for hydroxylation is 1. The molecule has 0 radical (unpaired) electrons. The van der Waals surface area contributed by atoms with Crippen LogP contribution in [0.2, 0.25) is 10.0 Å². The summed E-state index contributed by atoms with van der Waals surface area (Å²) in [7, 11) is 1.62. The lowest BCUT2D eigenvalue weighted by Gasteiger charge is -2.16. The van der Waals surface area contributed by atoms with Gasteiger partial charge >= 0.3 is 6.61 Å². The summed E-state index contributed by atoms with van der Waals surface area (Å²) in [5.74, 6) is 0.409. The summed E-state index contributed by atoms with van der Waals surface area (Å²) >= 11 is 11.9. The van der Waals surface area contributed by atoms with Crippen molar-refractivity contribution < 1.29 is 13.5 Å². The maximum atomic E-state index is 12.6. The van der Waals surface area contributed by atoms with Gasteiger partial charge in [-0.1, -0.05) is 23.2 Å². The monoisotopic (exact) mass is 544 g/mol. The van der Waals surface area contributed by atoms with E-state index in [1.807, 2.05) is 19.2 Å². The Bertz CT molecular complexity index is 809. The Balaban J connectivity index is 0.00000392. The third kappa shape index (κ3) is 7.56. The molecule has 0 saturated carbocycles. The van der Waals surface area contributed by atoms with Crippen LogP contribution in [0.25, 0.3) is 0 Å². The molecule has 2 aromatic rings. The van der Waals surface area contributed by atoms with Crippen molar-refractivity contribution in [3.63, 3.8) is 0 Å². The first-order valence-electron chi connectivity index (χ1n) is 8.17. The van der Waals surface area contributed by atoms with Crippen LogP contribution in [0.5, 0.6) is 5.75 Å². The molecule has 0 atom stereocenters. The minimum atomic E-state index is -2.98. The van der Waals surface area contributed by atoms with E-state index in [-0.39, 0.29) is 41.3 Å². The van der Waals surface area contributed by atoms with Crippen molar-refractivity contribution in [2.75, 3.05) is 13.6 Å². The van der Waals surface area contributed by atoms with E-state index in [4.69, 9.17) is 23.2 Å². The molecule has 0 aliphatic carbocycles. The van der Waals surface area contributed by atoms with Crippen LogP contribution in [0, 0.1) is 6.92 Å². The second-order valence-corrected chi connectivity index (χ2v) is 6.50. The number of aliphatic imine (C=N–C) groups is 1. The molecule has 0 aliphatic heterocycles. The van der Waals surface area contributed by atoms with Gasteiger partial charge in [-0.25, -0.2) is 0 Å². The number of halogens is 5. The number of rotatable bonds is 7. The van der Waals surface area contributed by atoms with Crippen molar-refractivity contribution in [1.82, 2.24) is 15.6 Å². The number of hydrogen-bond donors (Lipinski definition) is 2. The van der Waals surface area contributed by atoms with E-state index in [2.05, 4.69) is 25.3 Å². The molecule has 0 spiro atoms. The Labute approximate surface area is 189 Å². The second kappa shape index (κ2) is 12.2. The standard InChI is InChI=1S/C18H20Cl2F2N4O.HI/c1-11-9-24-5-3-12(11)4-6-25-18(23-2)26-10-13-7-14(19)8-15(20)16(13)27-17(21)22;/h3,5,7-9,17H,4,6,10H2,1-2H3,(H2,23,25,26);1H. The fourth-order valence-electron chi connectivity index (χ4n) is 2.46. The summed E-state index contributed by atoms with van der Waals surface area (Å²) in [5.41, 5.74) is 2.70. The molecule has 154 valence electrons.